The number of esters is 1. The van der Waals surface area contributed by atoms with Crippen LogP contribution in [0.25, 0.3) is 17.0 Å². The molecule has 30 heavy (non-hydrogen) atoms. The lowest BCUT2D eigenvalue weighted by Gasteiger charge is -2.06. The smallest absolute Gasteiger partial charge is 0.354 e. The van der Waals surface area contributed by atoms with E-state index >= 15 is 0 Å². The molecule has 0 saturated heterocycles. The van der Waals surface area contributed by atoms with Crippen LogP contribution in [0.2, 0.25) is 0 Å². The van der Waals surface area contributed by atoms with Crippen LogP contribution < -0.4 is 15.7 Å². The standard InChI is InChI=1S/C23H18N2O5/c1-2-10-25-21(26)19-12-16-8-9-18(13-20(16)30-23(19)28)29-22(27)17(14-24)11-15-6-4-3-5-7-15/h3-9,11-13H,2,10H2,1H3,(H,25,26)/b17-11+. The summed E-state index contributed by atoms with van der Waals surface area (Å²) in [5, 5.41) is 12.4. The maximum atomic E-state index is 12.3. The van der Waals surface area contributed by atoms with Gasteiger partial charge in [0, 0.05) is 18.0 Å². The zero-order chi connectivity index (χ0) is 21.5. The van der Waals surface area contributed by atoms with Gasteiger partial charge in [0.15, 0.2) is 0 Å². The predicted octanol–water partition coefficient (Wildman–Crippen LogP) is 3.45. The Balaban J connectivity index is 1.84. The SMILES string of the molecule is CCCNC(=O)c1cc2ccc(OC(=O)/C(C#N)=C/c3ccccc3)cc2oc1=O. The van der Waals surface area contributed by atoms with Crippen molar-refractivity contribution < 1.29 is 18.7 Å². The van der Waals surface area contributed by atoms with Crippen molar-refractivity contribution in [2.24, 2.45) is 0 Å². The number of ether oxygens (including phenoxy) is 1. The van der Waals surface area contributed by atoms with Crippen LogP contribution in [0, 0.1) is 11.3 Å². The first kappa shape index (κ1) is 20.6. The number of hydrogen-bond donors (Lipinski definition) is 1. The van der Waals surface area contributed by atoms with Gasteiger partial charge in [-0.15, -0.1) is 0 Å². The molecular formula is C23H18N2O5. The molecular weight excluding hydrogens is 384 g/mol. The van der Waals surface area contributed by atoms with Crippen LogP contribution >= 0.6 is 0 Å². The summed E-state index contributed by atoms with van der Waals surface area (Å²) in [6, 6.07) is 16.6. The molecule has 0 unspecified atom stereocenters. The van der Waals surface area contributed by atoms with E-state index < -0.39 is 17.5 Å². The first-order chi connectivity index (χ1) is 14.5. The Morgan fingerprint density at radius 2 is 1.93 bits per heavy atom. The van der Waals surface area contributed by atoms with E-state index in [9.17, 15) is 19.6 Å². The van der Waals surface area contributed by atoms with E-state index in [2.05, 4.69) is 5.32 Å². The highest BCUT2D eigenvalue weighted by atomic mass is 16.5. The molecule has 0 fully saturated rings. The van der Waals surface area contributed by atoms with Gasteiger partial charge >= 0.3 is 11.6 Å². The zero-order valence-corrected chi connectivity index (χ0v) is 16.2. The van der Waals surface area contributed by atoms with Crippen molar-refractivity contribution in [3.05, 3.63) is 81.7 Å². The zero-order valence-electron chi connectivity index (χ0n) is 16.2. The largest absolute Gasteiger partial charge is 0.422 e. The third-order valence-electron chi connectivity index (χ3n) is 4.15. The second-order valence-corrected chi connectivity index (χ2v) is 6.37. The molecule has 1 aromatic heterocycles. The molecule has 7 nitrogen and oxygen atoms in total. The van der Waals surface area contributed by atoms with Crippen LogP contribution in [-0.2, 0) is 4.79 Å². The van der Waals surface area contributed by atoms with Gasteiger partial charge in [-0.1, -0.05) is 37.3 Å². The van der Waals surface area contributed by atoms with Gasteiger partial charge in [-0.05, 0) is 36.3 Å². The Kier molecular flexibility index (Phi) is 6.40. The summed E-state index contributed by atoms with van der Waals surface area (Å²) < 4.78 is 10.5. The second-order valence-electron chi connectivity index (χ2n) is 6.37. The van der Waals surface area contributed by atoms with E-state index in [-0.39, 0.29) is 22.5 Å². The molecule has 3 aromatic rings. The molecule has 0 aliphatic carbocycles. The summed E-state index contributed by atoms with van der Waals surface area (Å²) in [6.07, 6.45) is 2.16. The Labute approximate surface area is 172 Å². The molecule has 150 valence electrons. The van der Waals surface area contributed by atoms with E-state index in [4.69, 9.17) is 9.15 Å². The third-order valence-corrected chi connectivity index (χ3v) is 4.15. The van der Waals surface area contributed by atoms with Gasteiger partial charge in [-0.3, -0.25) is 4.79 Å². The van der Waals surface area contributed by atoms with Crippen LogP contribution in [0.3, 0.4) is 0 Å². The summed E-state index contributed by atoms with van der Waals surface area (Å²) in [5.74, 6) is -1.24. The minimum Gasteiger partial charge on any atom is -0.422 e. The van der Waals surface area contributed by atoms with Gasteiger partial charge in [-0.2, -0.15) is 5.26 Å². The molecule has 0 saturated carbocycles. The predicted molar refractivity (Wildman–Crippen MR) is 111 cm³/mol. The fourth-order valence-corrected chi connectivity index (χ4v) is 2.66. The highest BCUT2D eigenvalue weighted by Crippen LogP contribution is 2.21. The average Bonchev–Trinajstić information content (AvgIpc) is 2.75. The quantitative estimate of drug-likeness (QED) is 0.222. The lowest BCUT2D eigenvalue weighted by atomic mass is 10.1. The number of fused-ring (bicyclic) bond motifs is 1. The summed E-state index contributed by atoms with van der Waals surface area (Å²) in [5.41, 5.74) is -0.225. The van der Waals surface area contributed by atoms with Crippen LogP contribution in [0.1, 0.15) is 29.3 Å². The minimum absolute atomic E-state index is 0.0988. The van der Waals surface area contributed by atoms with Crippen LogP contribution in [0.5, 0.6) is 5.75 Å². The summed E-state index contributed by atoms with van der Waals surface area (Å²) >= 11 is 0. The van der Waals surface area contributed by atoms with E-state index in [0.717, 1.165) is 6.42 Å². The van der Waals surface area contributed by atoms with Crippen molar-refractivity contribution in [2.75, 3.05) is 6.54 Å². The van der Waals surface area contributed by atoms with Crippen molar-refractivity contribution in [2.45, 2.75) is 13.3 Å². The van der Waals surface area contributed by atoms with E-state index in [0.29, 0.717) is 17.5 Å². The Hall–Kier alpha value is -4.18. The molecule has 1 heterocycles. The van der Waals surface area contributed by atoms with Crippen molar-refractivity contribution in [3.8, 4) is 11.8 Å². The molecule has 0 aliphatic rings. The fourth-order valence-electron chi connectivity index (χ4n) is 2.66. The molecule has 2 aromatic carbocycles. The Bertz CT molecular complexity index is 1220. The lowest BCUT2D eigenvalue weighted by Crippen LogP contribution is -2.28. The van der Waals surface area contributed by atoms with Crippen molar-refractivity contribution in [1.29, 1.82) is 5.26 Å². The molecule has 7 heteroatoms. The van der Waals surface area contributed by atoms with E-state index in [1.165, 1.54) is 24.3 Å². The van der Waals surface area contributed by atoms with Gasteiger partial charge in [0.25, 0.3) is 5.91 Å². The van der Waals surface area contributed by atoms with Gasteiger partial charge in [-0.25, -0.2) is 9.59 Å². The number of rotatable bonds is 6. The second kappa shape index (κ2) is 9.34. The maximum absolute atomic E-state index is 12.3. The van der Waals surface area contributed by atoms with E-state index in [1.54, 1.807) is 30.3 Å². The molecule has 3 rings (SSSR count). The summed E-state index contributed by atoms with van der Waals surface area (Å²) in [4.78, 5) is 36.5. The van der Waals surface area contributed by atoms with Crippen molar-refractivity contribution in [1.82, 2.24) is 5.32 Å². The molecule has 0 radical (unpaired) electrons. The highest BCUT2D eigenvalue weighted by molar-refractivity contribution is 5.99. The number of nitriles is 1. The molecule has 1 amide bonds. The number of amides is 1. The third kappa shape index (κ3) is 4.80. The van der Waals surface area contributed by atoms with Crippen LogP contribution in [-0.4, -0.2) is 18.4 Å². The monoisotopic (exact) mass is 402 g/mol. The molecule has 0 aliphatic heterocycles. The maximum Gasteiger partial charge on any atom is 0.354 e. The summed E-state index contributed by atoms with van der Waals surface area (Å²) in [7, 11) is 0. The number of nitrogens with one attached hydrogen (secondary N) is 1. The molecule has 0 spiro atoms. The average molecular weight is 402 g/mol. The molecule has 1 N–H and O–H groups in total. The normalized spacial score (nSPS) is 11.0. The van der Waals surface area contributed by atoms with Gasteiger partial charge < -0.3 is 14.5 Å². The fraction of sp³-hybridized carbons (Fsp3) is 0.130. The highest BCUT2D eigenvalue weighted by Gasteiger charge is 2.16. The lowest BCUT2D eigenvalue weighted by molar-refractivity contribution is -0.129. The van der Waals surface area contributed by atoms with Crippen molar-refractivity contribution in [3.63, 3.8) is 0 Å². The number of carbonyl (C=O) groups is 2. The summed E-state index contributed by atoms with van der Waals surface area (Å²) in [6.45, 7) is 2.35. The number of carbonyl (C=O) groups excluding carboxylic acids is 2. The van der Waals surface area contributed by atoms with Gasteiger partial charge in [0.2, 0.25) is 0 Å². The Morgan fingerprint density at radius 3 is 2.63 bits per heavy atom. The van der Waals surface area contributed by atoms with Gasteiger partial charge in [0.1, 0.15) is 28.5 Å². The number of hydrogen-bond acceptors (Lipinski definition) is 6. The number of benzene rings is 2. The first-order valence-corrected chi connectivity index (χ1v) is 9.27. The minimum atomic E-state index is -0.835. The number of nitrogens with zero attached hydrogens (tertiary/aromatic N) is 1. The van der Waals surface area contributed by atoms with Crippen LogP contribution in [0.4, 0.5) is 0 Å². The van der Waals surface area contributed by atoms with E-state index in [1.807, 2.05) is 19.1 Å². The molecule has 0 atom stereocenters. The first-order valence-electron chi connectivity index (χ1n) is 9.27. The Morgan fingerprint density at radius 1 is 1.17 bits per heavy atom. The molecule has 0 bridgehead atoms. The topological polar surface area (TPSA) is 109 Å². The van der Waals surface area contributed by atoms with Crippen LogP contribution in [0.15, 0.2) is 69.4 Å². The van der Waals surface area contributed by atoms with Crippen molar-refractivity contribution >= 4 is 28.9 Å². The van der Waals surface area contributed by atoms with Gasteiger partial charge in [0.05, 0.1) is 0 Å².